The van der Waals surface area contributed by atoms with E-state index in [2.05, 4.69) is 40.3 Å². The molecule has 1 aromatic heterocycles. The number of thiophene rings is 1. The van der Waals surface area contributed by atoms with Crippen molar-refractivity contribution in [2.45, 2.75) is 45.2 Å². The van der Waals surface area contributed by atoms with Crippen molar-refractivity contribution in [2.24, 2.45) is 5.92 Å². The summed E-state index contributed by atoms with van der Waals surface area (Å²) in [6.45, 7) is 3.35. The van der Waals surface area contributed by atoms with Crippen molar-refractivity contribution in [3.05, 3.63) is 20.8 Å². The Kier molecular flexibility index (Phi) is 4.23. The fourth-order valence-corrected chi connectivity index (χ4v) is 3.91. The van der Waals surface area contributed by atoms with Gasteiger partial charge in [0.1, 0.15) is 0 Å². The maximum absolute atomic E-state index is 3.70. The molecule has 0 spiro atoms. The largest absolute Gasteiger partial charge is 0.309 e. The van der Waals surface area contributed by atoms with Gasteiger partial charge in [-0.1, -0.05) is 19.8 Å². The SMILES string of the molecule is CCC1CCCC1NCc1ccc(Br)s1. The number of hydrogen-bond donors (Lipinski definition) is 1. The molecule has 0 saturated heterocycles. The smallest absolute Gasteiger partial charge is 0.0701 e. The first-order valence-electron chi connectivity index (χ1n) is 5.77. The van der Waals surface area contributed by atoms with Crippen LogP contribution in [-0.4, -0.2) is 6.04 Å². The molecule has 0 bridgehead atoms. The Morgan fingerprint density at radius 1 is 1.47 bits per heavy atom. The average Bonchev–Trinajstić information content (AvgIpc) is 2.83. The molecule has 1 nitrogen and oxygen atoms in total. The van der Waals surface area contributed by atoms with Crippen LogP contribution in [0.25, 0.3) is 0 Å². The Balaban J connectivity index is 1.82. The van der Waals surface area contributed by atoms with Gasteiger partial charge in [-0.15, -0.1) is 11.3 Å². The molecule has 1 saturated carbocycles. The maximum Gasteiger partial charge on any atom is 0.0701 e. The Morgan fingerprint density at radius 2 is 2.33 bits per heavy atom. The number of hydrogen-bond acceptors (Lipinski definition) is 2. The fourth-order valence-electron chi connectivity index (χ4n) is 2.47. The third-order valence-electron chi connectivity index (χ3n) is 3.35. The average molecular weight is 288 g/mol. The minimum atomic E-state index is 0.760. The molecule has 1 N–H and O–H groups in total. The lowest BCUT2D eigenvalue weighted by molar-refractivity contribution is 0.390. The van der Waals surface area contributed by atoms with Crippen LogP contribution in [0.3, 0.4) is 0 Å². The predicted octanol–water partition coefficient (Wildman–Crippen LogP) is 4.18. The summed E-state index contributed by atoms with van der Waals surface area (Å²) in [6, 6.07) is 5.10. The van der Waals surface area contributed by atoms with Gasteiger partial charge in [-0.3, -0.25) is 0 Å². The van der Waals surface area contributed by atoms with Crippen LogP contribution in [0.5, 0.6) is 0 Å². The van der Waals surface area contributed by atoms with E-state index in [9.17, 15) is 0 Å². The van der Waals surface area contributed by atoms with Gasteiger partial charge in [0.15, 0.2) is 0 Å². The molecule has 84 valence electrons. The maximum atomic E-state index is 3.70. The van der Waals surface area contributed by atoms with Crippen LogP contribution < -0.4 is 5.32 Å². The number of rotatable bonds is 4. The lowest BCUT2D eigenvalue weighted by atomic mass is 10.0. The van der Waals surface area contributed by atoms with Gasteiger partial charge >= 0.3 is 0 Å². The zero-order valence-corrected chi connectivity index (χ0v) is 11.5. The van der Waals surface area contributed by atoms with Crippen molar-refractivity contribution in [3.8, 4) is 0 Å². The quantitative estimate of drug-likeness (QED) is 0.876. The second-order valence-corrected chi connectivity index (χ2v) is 6.84. The highest BCUT2D eigenvalue weighted by atomic mass is 79.9. The van der Waals surface area contributed by atoms with Gasteiger partial charge in [-0.2, -0.15) is 0 Å². The molecule has 3 heteroatoms. The van der Waals surface area contributed by atoms with E-state index < -0.39 is 0 Å². The van der Waals surface area contributed by atoms with Crippen molar-refractivity contribution in [1.82, 2.24) is 5.32 Å². The van der Waals surface area contributed by atoms with Crippen LogP contribution >= 0.6 is 27.3 Å². The molecule has 1 aromatic rings. The highest BCUT2D eigenvalue weighted by Crippen LogP contribution is 2.29. The summed E-state index contributed by atoms with van der Waals surface area (Å²) in [6.07, 6.45) is 5.52. The molecule has 2 rings (SSSR count). The van der Waals surface area contributed by atoms with Crippen LogP contribution in [0.1, 0.15) is 37.5 Å². The molecule has 2 unspecified atom stereocenters. The van der Waals surface area contributed by atoms with Crippen LogP contribution in [0.2, 0.25) is 0 Å². The molecule has 1 aliphatic rings. The van der Waals surface area contributed by atoms with Crippen molar-refractivity contribution >= 4 is 27.3 Å². The molecule has 1 heterocycles. The normalized spacial score (nSPS) is 26.0. The summed E-state index contributed by atoms with van der Waals surface area (Å²) in [5, 5.41) is 3.70. The second kappa shape index (κ2) is 5.46. The van der Waals surface area contributed by atoms with Gasteiger partial charge < -0.3 is 5.32 Å². The first-order chi connectivity index (χ1) is 7.29. The molecule has 0 aliphatic heterocycles. The number of nitrogens with one attached hydrogen (secondary N) is 1. The van der Waals surface area contributed by atoms with Gasteiger partial charge in [0, 0.05) is 17.5 Å². The van der Waals surface area contributed by atoms with E-state index in [0.29, 0.717) is 0 Å². The zero-order valence-electron chi connectivity index (χ0n) is 9.13. The Labute approximate surface area is 104 Å². The molecule has 1 fully saturated rings. The highest BCUT2D eigenvalue weighted by Gasteiger charge is 2.24. The van der Waals surface area contributed by atoms with Gasteiger partial charge in [-0.25, -0.2) is 0 Å². The molecule has 1 aliphatic carbocycles. The van der Waals surface area contributed by atoms with Crippen LogP contribution in [0.4, 0.5) is 0 Å². The lowest BCUT2D eigenvalue weighted by Crippen LogP contribution is -2.31. The first kappa shape index (κ1) is 11.6. The molecule has 0 aromatic carbocycles. The van der Waals surface area contributed by atoms with E-state index in [-0.39, 0.29) is 0 Å². The second-order valence-electron chi connectivity index (χ2n) is 4.29. The van der Waals surface area contributed by atoms with E-state index in [1.807, 2.05) is 11.3 Å². The van der Waals surface area contributed by atoms with E-state index in [4.69, 9.17) is 0 Å². The molecule has 0 amide bonds. The minimum Gasteiger partial charge on any atom is -0.309 e. The molecule has 15 heavy (non-hydrogen) atoms. The van der Waals surface area contributed by atoms with E-state index in [1.165, 1.54) is 34.3 Å². The Hall–Kier alpha value is 0.140. The summed E-state index contributed by atoms with van der Waals surface area (Å²) in [4.78, 5) is 1.43. The summed E-state index contributed by atoms with van der Waals surface area (Å²) in [7, 11) is 0. The van der Waals surface area contributed by atoms with Crippen LogP contribution in [0.15, 0.2) is 15.9 Å². The van der Waals surface area contributed by atoms with Crippen molar-refractivity contribution in [2.75, 3.05) is 0 Å². The summed E-state index contributed by atoms with van der Waals surface area (Å²) in [5.41, 5.74) is 0. The summed E-state index contributed by atoms with van der Waals surface area (Å²) < 4.78 is 1.23. The molecular weight excluding hydrogens is 270 g/mol. The fraction of sp³-hybridized carbons (Fsp3) is 0.667. The Bertz CT molecular complexity index is 310. The third kappa shape index (κ3) is 3.05. The zero-order chi connectivity index (χ0) is 10.7. The first-order valence-corrected chi connectivity index (χ1v) is 7.38. The summed E-state index contributed by atoms with van der Waals surface area (Å²) in [5.74, 6) is 0.911. The van der Waals surface area contributed by atoms with Gasteiger partial charge in [0.25, 0.3) is 0 Å². The summed E-state index contributed by atoms with van der Waals surface area (Å²) >= 11 is 5.34. The van der Waals surface area contributed by atoms with E-state index in [1.54, 1.807) is 0 Å². The van der Waals surface area contributed by atoms with Gasteiger partial charge in [-0.05, 0) is 46.8 Å². The third-order valence-corrected chi connectivity index (χ3v) is 4.97. The van der Waals surface area contributed by atoms with Crippen molar-refractivity contribution in [3.63, 3.8) is 0 Å². The molecule has 2 atom stereocenters. The predicted molar refractivity (Wildman–Crippen MR) is 70.3 cm³/mol. The highest BCUT2D eigenvalue weighted by molar-refractivity contribution is 9.11. The van der Waals surface area contributed by atoms with E-state index >= 15 is 0 Å². The van der Waals surface area contributed by atoms with E-state index in [0.717, 1.165) is 18.5 Å². The minimum absolute atomic E-state index is 0.760. The van der Waals surface area contributed by atoms with Crippen LogP contribution in [-0.2, 0) is 6.54 Å². The lowest BCUT2D eigenvalue weighted by Gasteiger charge is -2.19. The standard InChI is InChI=1S/C12H18BrNS/c1-2-9-4-3-5-11(9)14-8-10-6-7-12(13)15-10/h6-7,9,11,14H,2-5,8H2,1H3. The van der Waals surface area contributed by atoms with Crippen LogP contribution in [0, 0.1) is 5.92 Å². The molecular formula is C12H18BrNS. The van der Waals surface area contributed by atoms with Crippen molar-refractivity contribution in [1.29, 1.82) is 0 Å². The van der Waals surface area contributed by atoms with Crippen molar-refractivity contribution < 1.29 is 0 Å². The van der Waals surface area contributed by atoms with Gasteiger partial charge in [0.05, 0.1) is 3.79 Å². The monoisotopic (exact) mass is 287 g/mol. The van der Waals surface area contributed by atoms with Gasteiger partial charge in [0.2, 0.25) is 0 Å². The molecule has 0 radical (unpaired) electrons. The Morgan fingerprint density at radius 3 is 3.00 bits per heavy atom. The number of halogens is 1. The topological polar surface area (TPSA) is 12.0 Å².